The Morgan fingerprint density at radius 3 is 2.73 bits per heavy atom. The van der Waals surface area contributed by atoms with Crippen molar-refractivity contribution in [2.24, 2.45) is 0 Å². The summed E-state index contributed by atoms with van der Waals surface area (Å²) in [6.45, 7) is 7.68. The van der Waals surface area contributed by atoms with Crippen LogP contribution in [0, 0.1) is 0 Å². The Balaban J connectivity index is 1.45. The van der Waals surface area contributed by atoms with Crippen LogP contribution in [-0.2, 0) is 11.8 Å². The van der Waals surface area contributed by atoms with Gasteiger partial charge in [0.05, 0.1) is 21.4 Å². The fourth-order valence-electron chi connectivity index (χ4n) is 4.08. The molecule has 2 aromatic carbocycles. The van der Waals surface area contributed by atoms with Gasteiger partial charge in [-0.3, -0.25) is 4.90 Å². The van der Waals surface area contributed by atoms with Crippen molar-refractivity contribution in [3.63, 3.8) is 0 Å². The van der Waals surface area contributed by atoms with Gasteiger partial charge in [-0.2, -0.15) is 0 Å². The van der Waals surface area contributed by atoms with Crippen LogP contribution in [0.4, 0.5) is 5.95 Å². The molecule has 0 spiro atoms. The highest BCUT2D eigenvalue weighted by Crippen LogP contribution is 2.23. The average molecular weight is 437 g/mol. The summed E-state index contributed by atoms with van der Waals surface area (Å²) < 4.78 is 0. The second-order valence-corrected chi connectivity index (χ2v) is 8.99. The molecule has 4 rings (SSSR count). The topological polar surface area (TPSA) is 73.3 Å². The SMILES string of the molecule is [B]C([B])(CNc1nccc(-c2cccc(CN3C[C@H](C)NC[C@@H]3C)c2)n1)c1ccc(O)cc1. The van der Waals surface area contributed by atoms with E-state index in [4.69, 9.17) is 15.7 Å². The number of benzene rings is 2. The number of aromatic hydroxyl groups is 1. The number of nitrogens with zero attached hydrogens (tertiary/aromatic N) is 3. The van der Waals surface area contributed by atoms with Gasteiger partial charge in [-0.25, -0.2) is 9.97 Å². The van der Waals surface area contributed by atoms with Gasteiger partial charge in [0.2, 0.25) is 5.95 Å². The fourth-order valence-corrected chi connectivity index (χ4v) is 4.08. The van der Waals surface area contributed by atoms with Gasteiger partial charge in [-0.1, -0.05) is 41.1 Å². The van der Waals surface area contributed by atoms with Crippen LogP contribution in [0.3, 0.4) is 0 Å². The molecule has 0 unspecified atom stereocenters. The van der Waals surface area contributed by atoms with E-state index < -0.39 is 5.21 Å². The van der Waals surface area contributed by atoms with E-state index in [2.05, 4.69) is 63.6 Å². The van der Waals surface area contributed by atoms with Crippen molar-refractivity contribution in [1.29, 1.82) is 0 Å². The third kappa shape index (κ3) is 5.95. The van der Waals surface area contributed by atoms with Crippen LogP contribution in [0.25, 0.3) is 11.3 Å². The molecule has 0 saturated carbocycles. The Kier molecular flexibility index (Phi) is 7.05. The van der Waals surface area contributed by atoms with Crippen molar-refractivity contribution in [3.05, 3.63) is 71.9 Å². The Hall–Kier alpha value is -2.83. The molecular formula is C25H29B2N5O. The number of phenolic OH excluding ortho intramolecular Hbond substituents is 1. The fraction of sp³-hybridized carbons (Fsp3) is 0.360. The molecule has 6 nitrogen and oxygen atoms in total. The van der Waals surface area contributed by atoms with Gasteiger partial charge in [0.15, 0.2) is 0 Å². The first-order chi connectivity index (χ1) is 15.8. The van der Waals surface area contributed by atoms with E-state index in [9.17, 15) is 5.11 Å². The second-order valence-electron chi connectivity index (χ2n) is 8.99. The largest absolute Gasteiger partial charge is 0.508 e. The molecule has 8 heteroatoms. The summed E-state index contributed by atoms with van der Waals surface area (Å²) in [7, 11) is 12.6. The first-order valence-corrected chi connectivity index (χ1v) is 11.3. The molecule has 3 N–H and O–H groups in total. The number of hydrogen-bond donors (Lipinski definition) is 3. The van der Waals surface area contributed by atoms with Crippen LogP contribution in [-0.4, -0.2) is 67.4 Å². The molecule has 1 fully saturated rings. The highest BCUT2D eigenvalue weighted by molar-refractivity contribution is 6.40. The summed E-state index contributed by atoms with van der Waals surface area (Å²) in [5, 5.41) is 15.0. The highest BCUT2D eigenvalue weighted by Gasteiger charge is 2.22. The number of anilines is 1. The van der Waals surface area contributed by atoms with E-state index in [0.717, 1.165) is 30.9 Å². The quantitative estimate of drug-likeness (QED) is 0.494. The van der Waals surface area contributed by atoms with Crippen LogP contribution >= 0.6 is 0 Å². The Morgan fingerprint density at radius 1 is 1.15 bits per heavy atom. The van der Waals surface area contributed by atoms with Gasteiger partial charge in [0, 0.05) is 50.0 Å². The third-order valence-corrected chi connectivity index (χ3v) is 6.10. The zero-order chi connectivity index (χ0) is 23.4. The summed E-state index contributed by atoms with van der Waals surface area (Å²) in [6.07, 6.45) is 1.73. The monoisotopic (exact) mass is 437 g/mol. The molecule has 1 saturated heterocycles. The molecular weight excluding hydrogens is 408 g/mol. The molecule has 1 aliphatic heterocycles. The van der Waals surface area contributed by atoms with Gasteiger partial charge in [0.1, 0.15) is 5.75 Å². The van der Waals surface area contributed by atoms with Crippen molar-refractivity contribution in [2.75, 3.05) is 25.0 Å². The second kappa shape index (κ2) is 9.98. The number of aromatic nitrogens is 2. The Bertz CT molecular complexity index is 1080. The first kappa shape index (κ1) is 23.3. The molecule has 33 heavy (non-hydrogen) atoms. The van der Waals surface area contributed by atoms with Crippen LogP contribution in [0.1, 0.15) is 25.0 Å². The van der Waals surface area contributed by atoms with Crippen LogP contribution in [0.15, 0.2) is 60.8 Å². The average Bonchev–Trinajstić information content (AvgIpc) is 2.81. The summed E-state index contributed by atoms with van der Waals surface area (Å²) in [5.41, 5.74) is 3.84. The zero-order valence-corrected chi connectivity index (χ0v) is 19.2. The number of piperazine rings is 1. The minimum absolute atomic E-state index is 0.168. The Morgan fingerprint density at radius 2 is 1.94 bits per heavy atom. The maximum Gasteiger partial charge on any atom is 0.223 e. The van der Waals surface area contributed by atoms with Gasteiger partial charge in [-0.05, 0) is 43.7 Å². The molecule has 0 bridgehead atoms. The van der Waals surface area contributed by atoms with E-state index in [1.165, 1.54) is 5.56 Å². The smallest absolute Gasteiger partial charge is 0.223 e. The van der Waals surface area contributed by atoms with E-state index in [0.29, 0.717) is 23.6 Å². The first-order valence-electron chi connectivity index (χ1n) is 11.3. The lowest BCUT2D eigenvalue weighted by atomic mass is 9.51. The van der Waals surface area contributed by atoms with Crippen LogP contribution in [0.5, 0.6) is 5.75 Å². The van der Waals surface area contributed by atoms with Crippen molar-refractivity contribution in [2.45, 2.75) is 37.7 Å². The molecule has 0 amide bonds. The third-order valence-electron chi connectivity index (χ3n) is 6.10. The van der Waals surface area contributed by atoms with Crippen LogP contribution in [0.2, 0.25) is 0 Å². The number of phenols is 1. The maximum atomic E-state index is 9.48. The van der Waals surface area contributed by atoms with Gasteiger partial charge < -0.3 is 15.7 Å². The predicted octanol–water partition coefficient (Wildman–Crippen LogP) is 2.63. The van der Waals surface area contributed by atoms with Gasteiger partial charge in [-0.15, -0.1) is 0 Å². The van der Waals surface area contributed by atoms with Crippen molar-refractivity contribution < 1.29 is 5.11 Å². The maximum absolute atomic E-state index is 9.48. The highest BCUT2D eigenvalue weighted by atomic mass is 16.3. The summed E-state index contributed by atoms with van der Waals surface area (Å²) >= 11 is 0. The summed E-state index contributed by atoms with van der Waals surface area (Å²) in [6, 6.07) is 17.9. The lowest BCUT2D eigenvalue weighted by molar-refractivity contribution is 0.139. The van der Waals surface area contributed by atoms with Gasteiger partial charge in [0.25, 0.3) is 0 Å². The molecule has 1 aromatic heterocycles. The minimum atomic E-state index is -1.13. The van der Waals surface area contributed by atoms with Crippen LogP contribution < -0.4 is 10.6 Å². The summed E-state index contributed by atoms with van der Waals surface area (Å²) in [5.74, 6) is 0.628. The zero-order valence-electron chi connectivity index (χ0n) is 19.2. The molecule has 4 radical (unpaired) electrons. The number of rotatable bonds is 7. The molecule has 3 aromatic rings. The summed E-state index contributed by atoms with van der Waals surface area (Å²) in [4.78, 5) is 11.5. The number of hydrogen-bond acceptors (Lipinski definition) is 6. The van der Waals surface area contributed by atoms with E-state index in [1.54, 1.807) is 30.5 Å². The van der Waals surface area contributed by atoms with Crippen molar-refractivity contribution in [3.8, 4) is 17.0 Å². The molecule has 0 aliphatic carbocycles. The van der Waals surface area contributed by atoms with E-state index in [-0.39, 0.29) is 12.3 Å². The minimum Gasteiger partial charge on any atom is -0.508 e. The van der Waals surface area contributed by atoms with Gasteiger partial charge >= 0.3 is 0 Å². The predicted molar refractivity (Wildman–Crippen MR) is 135 cm³/mol. The molecule has 2 heterocycles. The van der Waals surface area contributed by atoms with Crippen molar-refractivity contribution in [1.82, 2.24) is 20.2 Å². The lowest BCUT2D eigenvalue weighted by Gasteiger charge is -2.37. The van der Waals surface area contributed by atoms with Crippen molar-refractivity contribution >= 4 is 21.6 Å². The van der Waals surface area contributed by atoms with E-state index in [1.807, 2.05) is 6.07 Å². The Labute approximate surface area is 198 Å². The normalized spacial score (nSPS) is 19.3. The molecule has 1 aliphatic rings. The standard InChI is InChI=1S/C25H29B2N5O/c1-17-14-32(18(2)13-29-17)15-19-4-3-5-20(12-19)23-10-11-28-24(31-23)30-16-25(26,27)21-6-8-22(33)9-7-21/h3-12,17-18,29,33H,13-16H2,1-2H3,(H,28,30,31)/t17-,18-/m0/s1. The lowest BCUT2D eigenvalue weighted by Crippen LogP contribution is -2.53. The van der Waals surface area contributed by atoms with E-state index >= 15 is 0 Å². The molecule has 166 valence electrons. The molecule has 2 atom stereocenters. The number of nitrogens with one attached hydrogen (secondary N) is 2.